The number of hydrogen-bond donors (Lipinski definition) is 2. The van der Waals surface area contributed by atoms with E-state index >= 15 is 0 Å². The summed E-state index contributed by atoms with van der Waals surface area (Å²) in [7, 11) is -3.19. The van der Waals surface area contributed by atoms with E-state index in [1.54, 1.807) is 12.1 Å². The van der Waals surface area contributed by atoms with Crippen molar-refractivity contribution in [2.45, 2.75) is 45.7 Å². The van der Waals surface area contributed by atoms with Gasteiger partial charge in [0.25, 0.3) is 5.91 Å². The number of rotatable bonds is 6. The van der Waals surface area contributed by atoms with E-state index in [9.17, 15) is 18.0 Å². The fourth-order valence-electron chi connectivity index (χ4n) is 3.17. The van der Waals surface area contributed by atoms with Crippen molar-refractivity contribution in [1.29, 1.82) is 0 Å². The summed E-state index contributed by atoms with van der Waals surface area (Å²) >= 11 is 0. The Balaban J connectivity index is 1.96. The van der Waals surface area contributed by atoms with Crippen molar-refractivity contribution in [3.05, 3.63) is 35.4 Å². The molecule has 2 amide bonds. The van der Waals surface area contributed by atoms with Crippen LogP contribution in [0.2, 0.25) is 0 Å². The lowest BCUT2D eigenvalue weighted by Gasteiger charge is -2.32. The molecule has 1 fully saturated rings. The molecule has 0 aromatic heterocycles. The van der Waals surface area contributed by atoms with Gasteiger partial charge in [-0.15, -0.1) is 0 Å². The molecule has 150 valence electrons. The molecule has 0 spiro atoms. The molecular formula is C19H29N3O4S. The van der Waals surface area contributed by atoms with Gasteiger partial charge in [-0.3, -0.25) is 9.59 Å². The van der Waals surface area contributed by atoms with Crippen molar-refractivity contribution < 1.29 is 18.0 Å². The lowest BCUT2D eigenvalue weighted by molar-refractivity contribution is -0.124. The van der Waals surface area contributed by atoms with Crippen LogP contribution in [-0.2, 0) is 14.8 Å². The van der Waals surface area contributed by atoms with Gasteiger partial charge in [0.1, 0.15) is 6.04 Å². The van der Waals surface area contributed by atoms with Gasteiger partial charge in [0.2, 0.25) is 15.9 Å². The SMILES string of the molecule is Cc1cccc(C(=O)NC(C(=O)NC2CCN(S(C)(=O)=O)CC2)C(C)C)c1. The van der Waals surface area contributed by atoms with E-state index in [-0.39, 0.29) is 23.8 Å². The van der Waals surface area contributed by atoms with Crippen molar-refractivity contribution in [2.75, 3.05) is 19.3 Å². The zero-order chi connectivity index (χ0) is 20.2. The minimum absolute atomic E-state index is 0.0742. The Kier molecular flexibility index (Phi) is 7.00. The van der Waals surface area contributed by atoms with Crippen molar-refractivity contribution in [2.24, 2.45) is 5.92 Å². The third-order valence-electron chi connectivity index (χ3n) is 4.79. The maximum Gasteiger partial charge on any atom is 0.251 e. The molecule has 1 aromatic carbocycles. The van der Waals surface area contributed by atoms with E-state index in [2.05, 4.69) is 10.6 Å². The Morgan fingerprint density at radius 1 is 1.19 bits per heavy atom. The molecule has 2 N–H and O–H groups in total. The zero-order valence-electron chi connectivity index (χ0n) is 16.4. The van der Waals surface area contributed by atoms with Crippen LogP contribution in [0.3, 0.4) is 0 Å². The summed E-state index contributed by atoms with van der Waals surface area (Å²) in [5, 5.41) is 5.79. The smallest absolute Gasteiger partial charge is 0.251 e. The Morgan fingerprint density at radius 3 is 2.33 bits per heavy atom. The van der Waals surface area contributed by atoms with Gasteiger partial charge in [0.15, 0.2) is 0 Å². The van der Waals surface area contributed by atoms with Gasteiger partial charge in [0.05, 0.1) is 6.26 Å². The maximum atomic E-state index is 12.7. The van der Waals surface area contributed by atoms with E-state index in [0.717, 1.165) is 5.56 Å². The van der Waals surface area contributed by atoms with E-state index in [1.165, 1.54) is 10.6 Å². The largest absolute Gasteiger partial charge is 0.351 e. The number of sulfonamides is 1. The summed E-state index contributed by atoms with van der Waals surface area (Å²) in [6, 6.07) is 6.49. The molecule has 1 aliphatic heterocycles. The second-order valence-corrected chi connectivity index (χ2v) is 9.49. The zero-order valence-corrected chi connectivity index (χ0v) is 17.2. The predicted octanol–water partition coefficient (Wildman–Crippen LogP) is 1.29. The van der Waals surface area contributed by atoms with Crippen LogP contribution in [0.4, 0.5) is 0 Å². The second-order valence-electron chi connectivity index (χ2n) is 7.51. The van der Waals surface area contributed by atoms with Crippen LogP contribution >= 0.6 is 0 Å². The number of aryl methyl sites for hydroxylation is 1. The Morgan fingerprint density at radius 2 is 1.81 bits per heavy atom. The molecule has 1 aromatic rings. The summed E-state index contributed by atoms with van der Waals surface area (Å²) in [4.78, 5) is 25.2. The number of benzene rings is 1. The predicted molar refractivity (Wildman–Crippen MR) is 105 cm³/mol. The number of carbonyl (C=O) groups is 2. The van der Waals surface area contributed by atoms with E-state index in [0.29, 0.717) is 31.5 Å². The van der Waals surface area contributed by atoms with Crippen LogP contribution < -0.4 is 10.6 Å². The molecule has 7 nitrogen and oxygen atoms in total. The Hall–Kier alpha value is -1.93. The van der Waals surface area contributed by atoms with Gasteiger partial charge in [-0.2, -0.15) is 0 Å². The highest BCUT2D eigenvalue weighted by Crippen LogP contribution is 2.14. The van der Waals surface area contributed by atoms with Crippen LogP contribution in [-0.4, -0.2) is 56.0 Å². The molecule has 1 aliphatic rings. The standard InChI is InChI=1S/C19H29N3O4S/c1-13(2)17(21-18(23)15-7-5-6-14(3)12-15)19(24)20-16-8-10-22(11-9-16)27(4,25)26/h5-7,12-13,16-17H,8-11H2,1-4H3,(H,20,24)(H,21,23). The maximum absolute atomic E-state index is 12.7. The first kappa shape index (κ1) is 21.4. The number of nitrogens with one attached hydrogen (secondary N) is 2. The minimum Gasteiger partial charge on any atom is -0.351 e. The lowest BCUT2D eigenvalue weighted by atomic mass is 10.0. The molecule has 0 saturated carbocycles. The first-order chi connectivity index (χ1) is 12.6. The molecule has 8 heteroatoms. The fraction of sp³-hybridized carbons (Fsp3) is 0.579. The van der Waals surface area contributed by atoms with Crippen LogP contribution in [0.5, 0.6) is 0 Å². The van der Waals surface area contributed by atoms with Gasteiger partial charge >= 0.3 is 0 Å². The summed E-state index contributed by atoms with van der Waals surface area (Å²) < 4.78 is 24.6. The molecule has 0 radical (unpaired) electrons. The van der Waals surface area contributed by atoms with Crippen molar-refractivity contribution in [3.63, 3.8) is 0 Å². The first-order valence-electron chi connectivity index (χ1n) is 9.21. The highest BCUT2D eigenvalue weighted by Gasteiger charge is 2.30. The van der Waals surface area contributed by atoms with Crippen LogP contribution in [0, 0.1) is 12.8 Å². The van der Waals surface area contributed by atoms with Gasteiger partial charge < -0.3 is 10.6 Å². The van der Waals surface area contributed by atoms with Gasteiger partial charge in [-0.1, -0.05) is 31.5 Å². The molecule has 27 heavy (non-hydrogen) atoms. The second kappa shape index (κ2) is 8.84. The Labute approximate surface area is 161 Å². The summed E-state index contributed by atoms with van der Waals surface area (Å²) in [6.45, 7) is 6.46. The topological polar surface area (TPSA) is 95.6 Å². The summed E-state index contributed by atoms with van der Waals surface area (Å²) in [5.74, 6) is -0.585. The Bertz CT molecular complexity index is 784. The van der Waals surface area contributed by atoms with E-state index < -0.39 is 16.1 Å². The number of amides is 2. The van der Waals surface area contributed by atoms with Crippen LogP contribution in [0.15, 0.2) is 24.3 Å². The number of hydrogen-bond acceptors (Lipinski definition) is 4. The fourth-order valence-corrected chi connectivity index (χ4v) is 4.04. The number of carbonyl (C=O) groups excluding carboxylic acids is 2. The molecule has 2 rings (SSSR count). The quantitative estimate of drug-likeness (QED) is 0.759. The normalized spacial score (nSPS) is 17.5. The van der Waals surface area contributed by atoms with E-state index in [4.69, 9.17) is 0 Å². The lowest BCUT2D eigenvalue weighted by Crippen LogP contribution is -2.54. The first-order valence-corrected chi connectivity index (χ1v) is 11.1. The third kappa shape index (κ3) is 6.04. The number of piperidine rings is 1. The molecule has 1 unspecified atom stereocenters. The highest BCUT2D eigenvalue weighted by atomic mass is 32.2. The van der Waals surface area contributed by atoms with Crippen LogP contribution in [0.25, 0.3) is 0 Å². The van der Waals surface area contributed by atoms with Crippen molar-refractivity contribution >= 4 is 21.8 Å². The molecule has 0 bridgehead atoms. The summed E-state index contributed by atoms with van der Waals surface area (Å²) in [6.07, 6.45) is 2.33. The molecule has 0 aliphatic carbocycles. The molecule has 1 heterocycles. The van der Waals surface area contributed by atoms with E-state index in [1.807, 2.05) is 32.9 Å². The van der Waals surface area contributed by atoms with Gasteiger partial charge in [-0.05, 0) is 37.8 Å². The molecule has 1 atom stereocenters. The van der Waals surface area contributed by atoms with Crippen LogP contribution in [0.1, 0.15) is 42.6 Å². The van der Waals surface area contributed by atoms with Gasteiger partial charge in [-0.25, -0.2) is 12.7 Å². The average Bonchev–Trinajstić information content (AvgIpc) is 2.58. The van der Waals surface area contributed by atoms with Gasteiger partial charge in [0, 0.05) is 24.7 Å². The molecular weight excluding hydrogens is 366 g/mol. The third-order valence-corrected chi connectivity index (χ3v) is 6.09. The van der Waals surface area contributed by atoms with Crippen molar-refractivity contribution in [1.82, 2.24) is 14.9 Å². The molecule has 1 saturated heterocycles. The minimum atomic E-state index is -3.19. The monoisotopic (exact) mass is 395 g/mol. The average molecular weight is 396 g/mol. The highest BCUT2D eigenvalue weighted by molar-refractivity contribution is 7.88. The summed E-state index contributed by atoms with van der Waals surface area (Å²) in [5.41, 5.74) is 1.50. The number of nitrogens with zero attached hydrogens (tertiary/aromatic N) is 1. The van der Waals surface area contributed by atoms with Crippen molar-refractivity contribution in [3.8, 4) is 0 Å².